The molecule has 6 nitrogen and oxygen atoms in total. The minimum absolute atomic E-state index is 0.113. The van der Waals surface area contributed by atoms with E-state index in [2.05, 4.69) is 6.92 Å². The van der Waals surface area contributed by atoms with Crippen LogP contribution in [-0.4, -0.2) is 53.5 Å². The highest BCUT2D eigenvalue weighted by molar-refractivity contribution is 5.97. The summed E-state index contributed by atoms with van der Waals surface area (Å²) in [6.07, 6.45) is 4.54. The molecule has 0 radical (unpaired) electrons. The van der Waals surface area contributed by atoms with E-state index in [9.17, 15) is 9.59 Å². The maximum atomic E-state index is 12.3. The van der Waals surface area contributed by atoms with Gasteiger partial charge in [-0.05, 0) is 19.3 Å². The number of hydrogen-bond donors (Lipinski definition) is 1. The highest BCUT2D eigenvalue weighted by Gasteiger charge is 2.28. The molecule has 0 saturated carbocycles. The number of carboxylic acids is 1. The highest BCUT2D eigenvalue weighted by Crippen LogP contribution is 2.18. The molecule has 1 aliphatic heterocycles. The van der Waals surface area contributed by atoms with Crippen molar-refractivity contribution in [1.82, 2.24) is 9.80 Å². The zero-order valence-electron chi connectivity index (χ0n) is 12.7. The minimum Gasteiger partial charge on any atom is -0.481 e. The fourth-order valence-corrected chi connectivity index (χ4v) is 2.32. The number of amides is 1. The first-order valence-electron chi connectivity index (χ1n) is 7.33. The number of likely N-dealkylation sites (tertiary alicyclic amines) is 1. The van der Waals surface area contributed by atoms with E-state index in [0.717, 1.165) is 19.4 Å². The van der Waals surface area contributed by atoms with E-state index in [1.54, 1.807) is 11.1 Å². The van der Waals surface area contributed by atoms with Crippen LogP contribution in [0.15, 0.2) is 11.8 Å². The monoisotopic (exact) mass is 293 g/mol. The number of unbranched alkanes of at least 4 members (excludes halogenated alkanes) is 1. The zero-order valence-corrected chi connectivity index (χ0v) is 12.7. The molecule has 1 rings (SSSR count). The molecule has 21 heavy (non-hydrogen) atoms. The van der Waals surface area contributed by atoms with Crippen LogP contribution in [0.4, 0.5) is 0 Å². The van der Waals surface area contributed by atoms with Crippen LogP contribution in [0.25, 0.3) is 0 Å². The van der Waals surface area contributed by atoms with Crippen molar-refractivity contribution in [3.8, 4) is 6.07 Å². The Hall–Kier alpha value is -2.03. The number of nitriles is 1. The standard InChI is InChI=1S/C15H23N3O3/c1-3-4-7-17(2)11-13(10-16)14(19)18-8-5-12(6-9-18)15(20)21/h11-12H,3-9H2,1-2H3,(H,20,21)/b13-11-. The van der Waals surface area contributed by atoms with Crippen molar-refractivity contribution in [2.45, 2.75) is 32.6 Å². The molecule has 0 aliphatic carbocycles. The normalized spacial score (nSPS) is 16.4. The third kappa shape index (κ3) is 5.10. The molecule has 0 aromatic carbocycles. The Labute approximate surface area is 125 Å². The quantitative estimate of drug-likeness (QED) is 0.592. The largest absolute Gasteiger partial charge is 0.481 e. The SMILES string of the molecule is CCCCN(C)/C=C(/C#N)C(=O)N1CCC(C(=O)O)CC1. The van der Waals surface area contributed by atoms with Gasteiger partial charge in [0.15, 0.2) is 0 Å². The lowest BCUT2D eigenvalue weighted by atomic mass is 9.97. The minimum atomic E-state index is -0.808. The summed E-state index contributed by atoms with van der Waals surface area (Å²) in [6, 6.07) is 1.95. The Morgan fingerprint density at radius 3 is 2.52 bits per heavy atom. The molecule has 1 saturated heterocycles. The van der Waals surface area contributed by atoms with E-state index in [0.29, 0.717) is 25.9 Å². The van der Waals surface area contributed by atoms with Crippen LogP contribution in [0, 0.1) is 17.2 Å². The van der Waals surface area contributed by atoms with Crippen molar-refractivity contribution >= 4 is 11.9 Å². The fourth-order valence-electron chi connectivity index (χ4n) is 2.32. The molecule has 1 fully saturated rings. The van der Waals surface area contributed by atoms with Gasteiger partial charge >= 0.3 is 5.97 Å². The lowest BCUT2D eigenvalue weighted by molar-refractivity contribution is -0.145. The molecule has 0 bridgehead atoms. The van der Waals surface area contributed by atoms with Crippen LogP contribution >= 0.6 is 0 Å². The summed E-state index contributed by atoms with van der Waals surface area (Å²) >= 11 is 0. The maximum Gasteiger partial charge on any atom is 0.306 e. The van der Waals surface area contributed by atoms with Crippen LogP contribution in [0.1, 0.15) is 32.6 Å². The first-order valence-corrected chi connectivity index (χ1v) is 7.33. The predicted octanol–water partition coefficient (Wildman–Crippen LogP) is 1.45. The molecule has 1 aliphatic rings. The Kier molecular flexibility index (Phi) is 6.73. The smallest absolute Gasteiger partial charge is 0.306 e. The Balaban J connectivity index is 2.62. The summed E-state index contributed by atoms with van der Waals surface area (Å²) in [6.45, 7) is 3.68. The molecular weight excluding hydrogens is 270 g/mol. The van der Waals surface area contributed by atoms with Gasteiger partial charge in [-0.1, -0.05) is 13.3 Å². The summed E-state index contributed by atoms with van der Waals surface area (Å²) < 4.78 is 0. The summed E-state index contributed by atoms with van der Waals surface area (Å²) in [4.78, 5) is 26.6. The number of nitrogens with zero attached hydrogens (tertiary/aromatic N) is 3. The van der Waals surface area contributed by atoms with Crippen molar-refractivity contribution in [2.24, 2.45) is 5.92 Å². The van der Waals surface area contributed by atoms with Gasteiger partial charge in [0.2, 0.25) is 0 Å². The molecule has 1 heterocycles. The van der Waals surface area contributed by atoms with Gasteiger partial charge in [0.05, 0.1) is 5.92 Å². The van der Waals surface area contributed by atoms with Gasteiger partial charge in [0.1, 0.15) is 11.6 Å². The highest BCUT2D eigenvalue weighted by atomic mass is 16.4. The van der Waals surface area contributed by atoms with Crippen LogP contribution in [0.3, 0.4) is 0 Å². The Morgan fingerprint density at radius 2 is 2.05 bits per heavy atom. The van der Waals surface area contributed by atoms with Crippen LogP contribution in [0.5, 0.6) is 0 Å². The second-order valence-electron chi connectivity index (χ2n) is 5.39. The third-order valence-electron chi connectivity index (χ3n) is 3.70. The zero-order chi connectivity index (χ0) is 15.8. The number of aliphatic carboxylic acids is 1. The van der Waals surface area contributed by atoms with Crippen LogP contribution in [-0.2, 0) is 9.59 Å². The lowest BCUT2D eigenvalue weighted by Gasteiger charge is -2.30. The van der Waals surface area contributed by atoms with Gasteiger partial charge < -0.3 is 14.9 Å². The number of carboxylic acid groups (broad SMARTS) is 1. The molecule has 116 valence electrons. The third-order valence-corrected chi connectivity index (χ3v) is 3.70. The molecule has 1 N–H and O–H groups in total. The average Bonchev–Trinajstić information content (AvgIpc) is 2.50. The average molecular weight is 293 g/mol. The first kappa shape index (κ1) is 17.0. The molecule has 0 aromatic heterocycles. The van der Waals surface area contributed by atoms with Gasteiger partial charge in [-0.3, -0.25) is 9.59 Å². The van der Waals surface area contributed by atoms with Crippen molar-refractivity contribution in [3.63, 3.8) is 0 Å². The fraction of sp³-hybridized carbons (Fsp3) is 0.667. The van der Waals surface area contributed by atoms with Crippen molar-refractivity contribution in [3.05, 3.63) is 11.8 Å². The Bertz CT molecular complexity index is 446. The summed E-state index contributed by atoms with van der Waals surface area (Å²) in [5.41, 5.74) is 0.113. The van der Waals surface area contributed by atoms with E-state index in [-0.39, 0.29) is 17.4 Å². The summed E-state index contributed by atoms with van der Waals surface area (Å²) in [5, 5.41) is 18.1. The number of hydrogen-bond acceptors (Lipinski definition) is 4. The molecule has 1 amide bonds. The molecule has 0 unspecified atom stereocenters. The van der Waals surface area contributed by atoms with Crippen LogP contribution < -0.4 is 0 Å². The molecule has 0 aromatic rings. The maximum absolute atomic E-state index is 12.3. The second-order valence-corrected chi connectivity index (χ2v) is 5.39. The van der Waals surface area contributed by atoms with Gasteiger partial charge in [-0.15, -0.1) is 0 Å². The lowest BCUT2D eigenvalue weighted by Crippen LogP contribution is -2.41. The molecule has 6 heteroatoms. The van der Waals surface area contributed by atoms with E-state index in [4.69, 9.17) is 10.4 Å². The van der Waals surface area contributed by atoms with Gasteiger partial charge in [-0.2, -0.15) is 5.26 Å². The van der Waals surface area contributed by atoms with Crippen LogP contribution in [0.2, 0.25) is 0 Å². The first-order chi connectivity index (χ1) is 9.99. The predicted molar refractivity (Wildman–Crippen MR) is 78.2 cm³/mol. The Morgan fingerprint density at radius 1 is 1.43 bits per heavy atom. The van der Waals surface area contributed by atoms with Gasteiger partial charge in [0.25, 0.3) is 5.91 Å². The summed E-state index contributed by atoms with van der Waals surface area (Å²) in [7, 11) is 1.84. The number of piperidine rings is 1. The van der Waals surface area contributed by atoms with E-state index in [1.807, 2.05) is 18.0 Å². The van der Waals surface area contributed by atoms with Crippen molar-refractivity contribution in [1.29, 1.82) is 5.26 Å². The number of carbonyl (C=O) groups is 2. The second kappa shape index (κ2) is 8.30. The van der Waals surface area contributed by atoms with E-state index >= 15 is 0 Å². The van der Waals surface area contributed by atoms with Gasteiger partial charge in [-0.25, -0.2) is 0 Å². The molecular formula is C15H23N3O3. The molecule has 0 spiro atoms. The van der Waals surface area contributed by atoms with E-state index in [1.165, 1.54) is 0 Å². The van der Waals surface area contributed by atoms with Crippen molar-refractivity contribution < 1.29 is 14.7 Å². The van der Waals surface area contributed by atoms with Gasteiger partial charge in [0, 0.05) is 32.9 Å². The summed E-state index contributed by atoms with van der Waals surface area (Å²) in [5.74, 6) is -1.49. The van der Waals surface area contributed by atoms with E-state index < -0.39 is 5.97 Å². The topological polar surface area (TPSA) is 84.6 Å². The number of rotatable bonds is 6. The van der Waals surface area contributed by atoms with Crippen molar-refractivity contribution in [2.75, 3.05) is 26.7 Å². The number of carbonyl (C=O) groups excluding carboxylic acids is 1. The molecule has 0 atom stereocenters.